The molecule has 0 fully saturated rings. The van der Waals surface area contributed by atoms with Crippen molar-refractivity contribution in [3.8, 4) is 17.2 Å². The van der Waals surface area contributed by atoms with Crippen molar-refractivity contribution < 1.29 is 19.0 Å². The van der Waals surface area contributed by atoms with Crippen molar-refractivity contribution in [3.63, 3.8) is 0 Å². The van der Waals surface area contributed by atoms with Crippen LogP contribution in [0, 0.1) is 0 Å². The van der Waals surface area contributed by atoms with Crippen LogP contribution in [-0.2, 0) is 6.42 Å². The third-order valence-corrected chi connectivity index (χ3v) is 4.02. The molecular weight excluding hydrogens is 340 g/mol. The molecule has 0 aromatic heterocycles. The third-order valence-electron chi connectivity index (χ3n) is 4.02. The molecule has 0 unspecified atom stereocenters. The number of allylic oxidation sites excluding steroid dienone is 2. The van der Waals surface area contributed by atoms with Gasteiger partial charge in [-0.25, -0.2) is 0 Å². The number of hydrogen-bond acceptors (Lipinski definition) is 4. The van der Waals surface area contributed by atoms with Crippen molar-refractivity contribution in [1.29, 1.82) is 0 Å². The van der Waals surface area contributed by atoms with Crippen LogP contribution in [0.1, 0.15) is 34.8 Å². The van der Waals surface area contributed by atoms with E-state index in [0.717, 1.165) is 29.0 Å². The van der Waals surface area contributed by atoms with E-state index in [-0.39, 0.29) is 5.78 Å². The Bertz CT molecular complexity index is 804. The van der Waals surface area contributed by atoms with Crippen molar-refractivity contribution in [2.75, 3.05) is 20.8 Å². The molecule has 2 aromatic carbocycles. The highest BCUT2D eigenvalue weighted by molar-refractivity contribution is 6.07. The van der Waals surface area contributed by atoms with Gasteiger partial charge in [0.15, 0.2) is 5.78 Å². The molecular formula is C23H26O4. The van der Waals surface area contributed by atoms with Gasteiger partial charge in [-0.15, -0.1) is 6.58 Å². The van der Waals surface area contributed by atoms with Crippen LogP contribution in [0.3, 0.4) is 0 Å². The average Bonchev–Trinajstić information content (AvgIpc) is 2.71. The fraction of sp³-hybridized carbons (Fsp3) is 0.261. The summed E-state index contributed by atoms with van der Waals surface area (Å²) in [6.07, 6.45) is 6.73. The number of ketones is 1. The number of hydrogen-bond donors (Lipinski definition) is 0. The monoisotopic (exact) mass is 366 g/mol. The first-order valence-corrected chi connectivity index (χ1v) is 8.94. The first-order chi connectivity index (χ1) is 13.1. The molecule has 0 spiro atoms. The average molecular weight is 366 g/mol. The standard InChI is InChI=1S/C23H26O4/c1-5-7-18-15-19(23(26-4)16-22(18)25-3)10-13-21(24)17-8-11-20(12-9-17)27-14-6-2/h5,8-13,15-16H,1,6-7,14H2,2-4H3. The molecule has 0 aliphatic heterocycles. The first kappa shape index (κ1) is 20.3. The number of ether oxygens (including phenoxy) is 3. The maximum atomic E-state index is 12.5. The zero-order valence-electron chi connectivity index (χ0n) is 16.2. The third kappa shape index (κ3) is 5.48. The van der Waals surface area contributed by atoms with Crippen LogP contribution in [0.25, 0.3) is 6.08 Å². The summed E-state index contributed by atoms with van der Waals surface area (Å²) in [4.78, 5) is 12.5. The summed E-state index contributed by atoms with van der Waals surface area (Å²) >= 11 is 0. The summed E-state index contributed by atoms with van der Waals surface area (Å²) in [7, 11) is 3.21. The molecule has 4 heteroatoms. The Balaban J connectivity index is 2.21. The fourth-order valence-corrected chi connectivity index (χ4v) is 2.63. The number of benzene rings is 2. The topological polar surface area (TPSA) is 44.8 Å². The van der Waals surface area contributed by atoms with Gasteiger partial charge in [0.25, 0.3) is 0 Å². The summed E-state index contributed by atoms with van der Waals surface area (Å²) < 4.78 is 16.4. The summed E-state index contributed by atoms with van der Waals surface area (Å²) in [5.74, 6) is 2.06. The van der Waals surface area contributed by atoms with Crippen LogP contribution in [0.4, 0.5) is 0 Å². The molecule has 0 aliphatic carbocycles. The summed E-state index contributed by atoms with van der Waals surface area (Å²) in [6.45, 7) is 6.49. The van der Waals surface area contributed by atoms with Gasteiger partial charge in [0.05, 0.1) is 20.8 Å². The predicted molar refractivity (Wildman–Crippen MR) is 109 cm³/mol. The highest BCUT2D eigenvalue weighted by Crippen LogP contribution is 2.30. The van der Waals surface area contributed by atoms with Gasteiger partial charge >= 0.3 is 0 Å². The quantitative estimate of drug-likeness (QED) is 0.333. The Morgan fingerprint density at radius 2 is 1.78 bits per heavy atom. The maximum Gasteiger partial charge on any atom is 0.185 e. The fourth-order valence-electron chi connectivity index (χ4n) is 2.63. The van der Waals surface area contributed by atoms with E-state index in [0.29, 0.717) is 24.3 Å². The molecule has 0 aliphatic rings. The van der Waals surface area contributed by atoms with Gasteiger partial charge < -0.3 is 14.2 Å². The molecule has 142 valence electrons. The van der Waals surface area contributed by atoms with Crippen molar-refractivity contribution in [1.82, 2.24) is 0 Å². The smallest absolute Gasteiger partial charge is 0.185 e. The normalized spacial score (nSPS) is 10.6. The van der Waals surface area contributed by atoms with E-state index >= 15 is 0 Å². The van der Waals surface area contributed by atoms with Crippen LogP contribution in [0.15, 0.2) is 55.1 Å². The minimum absolute atomic E-state index is 0.0832. The van der Waals surface area contributed by atoms with Crippen LogP contribution >= 0.6 is 0 Å². The molecule has 0 N–H and O–H groups in total. The molecule has 0 atom stereocenters. The molecule has 0 radical (unpaired) electrons. The molecule has 0 amide bonds. The minimum atomic E-state index is -0.0832. The molecule has 4 nitrogen and oxygen atoms in total. The van der Waals surface area contributed by atoms with Gasteiger partial charge in [0.2, 0.25) is 0 Å². The highest BCUT2D eigenvalue weighted by Gasteiger charge is 2.10. The van der Waals surface area contributed by atoms with E-state index in [1.54, 1.807) is 38.5 Å². The lowest BCUT2D eigenvalue weighted by Gasteiger charge is -2.12. The van der Waals surface area contributed by atoms with E-state index in [2.05, 4.69) is 13.5 Å². The number of carbonyl (C=O) groups excluding carboxylic acids is 1. The molecule has 27 heavy (non-hydrogen) atoms. The summed E-state index contributed by atoms with van der Waals surface area (Å²) in [5.41, 5.74) is 2.40. The van der Waals surface area contributed by atoms with Crippen molar-refractivity contribution >= 4 is 11.9 Å². The molecule has 0 saturated carbocycles. The molecule has 0 heterocycles. The lowest BCUT2D eigenvalue weighted by Crippen LogP contribution is -1.98. The Labute approximate surface area is 161 Å². The van der Waals surface area contributed by atoms with Crippen molar-refractivity contribution in [2.45, 2.75) is 19.8 Å². The Morgan fingerprint density at radius 1 is 1.07 bits per heavy atom. The molecule has 2 rings (SSSR count). The van der Waals surface area contributed by atoms with Gasteiger partial charge in [0, 0.05) is 17.2 Å². The van der Waals surface area contributed by atoms with Crippen molar-refractivity contribution in [3.05, 3.63) is 71.8 Å². The van der Waals surface area contributed by atoms with Gasteiger partial charge in [-0.2, -0.15) is 0 Å². The molecule has 0 saturated heterocycles. The number of carbonyl (C=O) groups is 1. The zero-order chi connectivity index (χ0) is 19.6. The van der Waals surface area contributed by atoms with Crippen LogP contribution < -0.4 is 14.2 Å². The van der Waals surface area contributed by atoms with Gasteiger partial charge in [-0.1, -0.05) is 13.0 Å². The van der Waals surface area contributed by atoms with Gasteiger partial charge in [-0.3, -0.25) is 4.79 Å². The Morgan fingerprint density at radius 3 is 2.37 bits per heavy atom. The van der Waals surface area contributed by atoms with Gasteiger partial charge in [-0.05, 0) is 60.9 Å². The second-order valence-electron chi connectivity index (χ2n) is 5.97. The minimum Gasteiger partial charge on any atom is -0.496 e. The lowest BCUT2D eigenvalue weighted by molar-refractivity contribution is 0.104. The second-order valence-corrected chi connectivity index (χ2v) is 5.97. The largest absolute Gasteiger partial charge is 0.496 e. The van der Waals surface area contributed by atoms with E-state index in [4.69, 9.17) is 14.2 Å². The van der Waals surface area contributed by atoms with E-state index in [1.807, 2.05) is 30.3 Å². The lowest BCUT2D eigenvalue weighted by atomic mass is 10.0. The van der Waals surface area contributed by atoms with E-state index in [1.165, 1.54) is 0 Å². The second kappa shape index (κ2) is 10.2. The molecule has 0 bridgehead atoms. The predicted octanol–water partition coefficient (Wildman–Crippen LogP) is 5.12. The number of rotatable bonds is 10. The summed E-state index contributed by atoms with van der Waals surface area (Å²) in [6, 6.07) is 10.9. The van der Waals surface area contributed by atoms with E-state index < -0.39 is 0 Å². The Kier molecular flexibility index (Phi) is 7.68. The maximum absolute atomic E-state index is 12.5. The molecule has 2 aromatic rings. The Hall–Kier alpha value is -3.01. The van der Waals surface area contributed by atoms with Gasteiger partial charge in [0.1, 0.15) is 17.2 Å². The van der Waals surface area contributed by atoms with Crippen LogP contribution in [-0.4, -0.2) is 26.6 Å². The van der Waals surface area contributed by atoms with Crippen LogP contribution in [0.5, 0.6) is 17.2 Å². The van der Waals surface area contributed by atoms with Crippen LogP contribution in [0.2, 0.25) is 0 Å². The first-order valence-electron chi connectivity index (χ1n) is 8.94. The SMILES string of the molecule is C=CCc1cc(C=CC(=O)c2ccc(OCCC)cc2)c(OC)cc1OC. The van der Waals surface area contributed by atoms with E-state index in [9.17, 15) is 4.79 Å². The van der Waals surface area contributed by atoms with Crippen molar-refractivity contribution in [2.24, 2.45) is 0 Å². The number of methoxy groups -OCH3 is 2. The zero-order valence-corrected chi connectivity index (χ0v) is 16.2. The summed E-state index contributed by atoms with van der Waals surface area (Å²) in [5, 5.41) is 0. The highest BCUT2D eigenvalue weighted by atomic mass is 16.5.